The summed E-state index contributed by atoms with van der Waals surface area (Å²) in [6, 6.07) is 0. The molecule has 0 heterocycles. The Balaban J connectivity index is 4.91. The Labute approximate surface area is 479 Å². The molecule has 0 saturated heterocycles. The Morgan fingerprint density at radius 2 is 0.506 bits per heavy atom. The summed E-state index contributed by atoms with van der Waals surface area (Å²) in [4.78, 5) is 71.3. The van der Waals surface area contributed by atoms with Gasteiger partial charge in [-0.25, -0.2) is 9.13 Å². The van der Waals surface area contributed by atoms with Crippen LogP contribution < -0.4 is 0 Å². The van der Waals surface area contributed by atoms with E-state index in [0.29, 0.717) is 25.7 Å². The van der Waals surface area contributed by atoms with Gasteiger partial charge in [0.1, 0.15) is 19.3 Å². The second kappa shape index (κ2) is 55.3. The molecule has 3 N–H and O–H groups in total. The van der Waals surface area contributed by atoms with E-state index in [9.17, 15) is 43.2 Å². The third-order valence-corrected chi connectivity index (χ3v) is 15.8. The predicted molar refractivity (Wildman–Crippen MR) is 312 cm³/mol. The largest absolute Gasteiger partial charge is 0.472 e. The first-order chi connectivity index (χ1) is 38.2. The van der Waals surface area contributed by atoms with Gasteiger partial charge in [0.2, 0.25) is 0 Å². The molecule has 19 heteroatoms. The van der Waals surface area contributed by atoms with E-state index in [1.807, 2.05) is 0 Å². The molecule has 0 saturated carbocycles. The molecule has 0 aliphatic carbocycles. The van der Waals surface area contributed by atoms with Crippen molar-refractivity contribution in [3.05, 3.63) is 0 Å². The number of aliphatic hydroxyl groups is 1. The number of aliphatic hydroxyl groups excluding tert-OH is 1. The van der Waals surface area contributed by atoms with E-state index >= 15 is 0 Å². The average molecular weight is 1170 g/mol. The predicted octanol–water partition coefficient (Wildman–Crippen LogP) is 16.4. The van der Waals surface area contributed by atoms with Gasteiger partial charge in [0, 0.05) is 25.7 Å². The SMILES string of the molecule is CCCCCCCCCCCCCCCCCCCCCCCCC(=O)O[C@H](COC(=O)CCCCCCCCC)COP(=O)(O)OC[C@@H](O)COP(=O)(O)OC[C@@H](COC(=O)CCCCCCC)OC(=O)CCCCCCC. The lowest BCUT2D eigenvalue weighted by molar-refractivity contribution is -0.161. The molecule has 0 rings (SSSR count). The zero-order valence-electron chi connectivity index (χ0n) is 50.3. The highest BCUT2D eigenvalue weighted by Gasteiger charge is 2.30. The first-order valence-electron chi connectivity index (χ1n) is 31.8. The van der Waals surface area contributed by atoms with Gasteiger partial charge in [-0.15, -0.1) is 0 Å². The standard InChI is InChI=1S/C60H116O17P2/c1-5-9-13-17-19-20-21-22-23-24-25-26-27-28-29-30-31-32-33-35-39-43-47-60(65)77-56(51-71-58(63)45-41-38-34-18-14-10-6-2)53-75-79(68,69)73-49-54(61)48-72-78(66,67)74-52-55(76-59(64)46-42-37-16-12-8-4)50-70-57(62)44-40-36-15-11-7-3/h54-56,61H,5-53H2,1-4H3,(H,66,67)(H,68,69)/t54-,55+,56+/m0/s1. The molecule has 17 nitrogen and oxygen atoms in total. The van der Waals surface area contributed by atoms with Crippen LogP contribution in [0.15, 0.2) is 0 Å². The normalized spacial score (nSPS) is 14.3. The smallest absolute Gasteiger partial charge is 0.462 e. The number of hydrogen-bond acceptors (Lipinski definition) is 15. The summed E-state index contributed by atoms with van der Waals surface area (Å²) in [6.07, 6.45) is 40.2. The van der Waals surface area contributed by atoms with Crippen LogP contribution in [0.25, 0.3) is 0 Å². The second-order valence-corrected chi connectivity index (χ2v) is 24.6. The van der Waals surface area contributed by atoms with E-state index in [4.69, 9.17) is 37.0 Å². The molecule has 0 aliphatic heterocycles. The van der Waals surface area contributed by atoms with Crippen LogP contribution in [-0.2, 0) is 65.4 Å². The minimum Gasteiger partial charge on any atom is -0.462 e. The van der Waals surface area contributed by atoms with Crippen LogP contribution in [0.4, 0.5) is 0 Å². The van der Waals surface area contributed by atoms with E-state index in [1.165, 1.54) is 116 Å². The second-order valence-electron chi connectivity index (χ2n) is 21.7. The van der Waals surface area contributed by atoms with Crippen LogP contribution in [-0.4, -0.2) is 96.7 Å². The Bertz CT molecular complexity index is 1540. The highest BCUT2D eigenvalue weighted by atomic mass is 31.2. The van der Waals surface area contributed by atoms with Gasteiger partial charge in [0.15, 0.2) is 12.2 Å². The highest BCUT2D eigenvalue weighted by Crippen LogP contribution is 2.45. The van der Waals surface area contributed by atoms with Crippen molar-refractivity contribution >= 4 is 39.5 Å². The van der Waals surface area contributed by atoms with E-state index in [0.717, 1.165) is 109 Å². The summed E-state index contributed by atoms with van der Waals surface area (Å²) in [6.45, 7) is 4.63. The van der Waals surface area contributed by atoms with E-state index in [2.05, 4.69) is 27.7 Å². The number of rotatable bonds is 61. The average Bonchev–Trinajstić information content (AvgIpc) is 3.42. The van der Waals surface area contributed by atoms with Crippen LogP contribution in [0.3, 0.4) is 0 Å². The van der Waals surface area contributed by atoms with Gasteiger partial charge in [-0.05, 0) is 25.7 Å². The molecule has 0 aromatic rings. The molecular weight excluding hydrogens is 1050 g/mol. The van der Waals surface area contributed by atoms with Crippen LogP contribution in [0.5, 0.6) is 0 Å². The summed E-state index contributed by atoms with van der Waals surface area (Å²) in [5, 5.41) is 10.4. The van der Waals surface area contributed by atoms with Crippen molar-refractivity contribution in [3.8, 4) is 0 Å². The molecule has 5 atom stereocenters. The van der Waals surface area contributed by atoms with Gasteiger partial charge in [-0.2, -0.15) is 0 Å². The molecule has 0 aromatic heterocycles. The molecule has 0 radical (unpaired) electrons. The number of ether oxygens (including phenoxy) is 4. The molecule has 468 valence electrons. The van der Waals surface area contributed by atoms with Crippen LogP contribution in [0, 0.1) is 0 Å². The van der Waals surface area contributed by atoms with Crippen LogP contribution in [0.1, 0.15) is 304 Å². The Morgan fingerprint density at radius 3 is 0.747 bits per heavy atom. The number of carbonyl (C=O) groups is 4. The fourth-order valence-corrected chi connectivity index (χ4v) is 10.5. The number of esters is 4. The monoisotopic (exact) mass is 1170 g/mol. The molecule has 79 heavy (non-hydrogen) atoms. The molecular formula is C60H116O17P2. The van der Waals surface area contributed by atoms with Crippen molar-refractivity contribution in [2.24, 2.45) is 0 Å². The van der Waals surface area contributed by atoms with Crippen LogP contribution in [0.2, 0.25) is 0 Å². The molecule has 0 aliphatic rings. The van der Waals surface area contributed by atoms with Crippen LogP contribution >= 0.6 is 15.6 Å². The molecule has 0 aromatic carbocycles. The Morgan fingerprint density at radius 1 is 0.304 bits per heavy atom. The van der Waals surface area contributed by atoms with Gasteiger partial charge >= 0.3 is 39.5 Å². The van der Waals surface area contributed by atoms with Gasteiger partial charge in [-0.3, -0.25) is 37.3 Å². The number of unbranched alkanes of at least 4 members (excludes halogenated alkanes) is 35. The minimum absolute atomic E-state index is 0.0990. The van der Waals surface area contributed by atoms with E-state index in [1.54, 1.807) is 0 Å². The topological polar surface area (TPSA) is 237 Å². The van der Waals surface area contributed by atoms with Crippen molar-refractivity contribution in [2.75, 3.05) is 39.6 Å². The quantitative estimate of drug-likeness (QED) is 0.0222. The fourth-order valence-electron chi connectivity index (χ4n) is 8.93. The van der Waals surface area contributed by atoms with E-state index in [-0.39, 0.29) is 25.7 Å². The summed E-state index contributed by atoms with van der Waals surface area (Å²) in [7, 11) is -9.85. The van der Waals surface area contributed by atoms with Gasteiger partial charge in [-0.1, -0.05) is 252 Å². The summed E-state index contributed by atoms with van der Waals surface area (Å²) in [5.41, 5.74) is 0. The van der Waals surface area contributed by atoms with Crippen molar-refractivity contribution in [2.45, 2.75) is 322 Å². The minimum atomic E-state index is -4.93. The van der Waals surface area contributed by atoms with Gasteiger partial charge in [0.05, 0.1) is 26.4 Å². The molecule has 0 amide bonds. The molecule has 0 fully saturated rings. The fraction of sp³-hybridized carbons (Fsp3) is 0.933. The summed E-state index contributed by atoms with van der Waals surface area (Å²) >= 11 is 0. The maximum Gasteiger partial charge on any atom is 0.472 e. The zero-order valence-corrected chi connectivity index (χ0v) is 52.1. The number of hydrogen-bond donors (Lipinski definition) is 3. The lowest BCUT2D eigenvalue weighted by Crippen LogP contribution is -2.30. The summed E-state index contributed by atoms with van der Waals surface area (Å²) in [5.74, 6) is -2.17. The maximum atomic E-state index is 12.9. The Kier molecular flexibility index (Phi) is 53.9. The first-order valence-corrected chi connectivity index (χ1v) is 34.8. The van der Waals surface area contributed by atoms with Gasteiger partial charge < -0.3 is 33.8 Å². The molecule has 2 unspecified atom stereocenters. The van der Waals surface area contributed by atoms with Crippen molar-refractivity contribution in [1.82, 2.24) is 0 Å². The molecule has 0 bridgehead atoms. The van der Waals surface area contributed by atoms with Gasteiger partial charge in [0.25, 0.3) is 0 Å². The first kappa shape index (κ1) is 77.1. The van der Waals surface area contributed by atoms with Crippen molar-refractivity contribution < 1.29 is 80.2 Å². The Hall–Kier alpha value is -1.94. The molecule has 0 spiro atoms. The third kappa shape index (κ3) is 55.0. The maximum absolute atomic E-state index is 12.9. The van der Waals surface area contributed by atoms with E-state index < -0.39 is 97.5 Å². The van der Waals surface area contributed by atoms with Crippen molar-refractivity contribution in [1.29, 1.82) is 0 Å². The lowest BCUT2D eigenvalue weighted by Gasteiger charge is -2.21. The lowest BCUT2D eigenvalue weighted by atomic mass is 10.0. The summed E-state index contributed by atoms with van der Waals surface area (Å²) < 4.78 is 67.2. The number of phosphoric acid groups is 2. The third-order valence-electron chi connectivity index (χ3n) is 13.9. The zero-order chi connectivity index (χ0) is 58.3. The highest BCUT2D eigenvalue weighted by molar-refractivity contribution is 7.47. The number of carbonyl (C=O) groups excluding carboxylic acids is 4. The van der Waals surface area contributed by atoms with Crippen molar-refractivity contribution in [3.63, 3.8) is 0 Å². The number of phosphoric ester groups is 2.